The van der Waals surface area contributed by atoms with Crippen LogP contribution in [0.4, 0.5) is 0 Å². The molecule has 8 aromatic carbocycles. The molecule has 9 aromatic rings. The highest BCUT2D eigenvalue weighted by molar-refractivity contribution is 6.71. The van der Waals surface area contributed by atoms with Crippen LogP contribution in [0, 0.1) is 0 Å². The highest BCUT2D eigenvalue weighted by Crippen LogP contribution is 2.43. The topological polar surface area (TPSA) is 13.1 Å². The van der Waals surface area contributed by atoms with Crippen molar-refractivity contribution < 1.29 is 4.42 Å². The molecule has 0 bridgehead atoms. The van der Waals surface area contributed by atoms with Crippen LogP contribution in [0.2, 0.25) is 0 Å². The molecular weight excluding hydrogens is 607 g/mol. The normalized spacial score (nSPS) is 11.8. The molecule has 0 saturated heterocycles. The monoisotopic (exact) mass is 626 g/mol. The van der Waals surface area contributed by atoms with Crippen LogP contribution in [0.5, 0.6) is 0 Å². The lowest BCUT2D eigenvalue weighted by molar-refractivity contribution is 0.669. The van der Waals surface area contributed by atoms with Gasteiger partial charge < -0.3 is 4.42 Å². The zero-order valence-electron chi connectivity index (χ0n) is 27.4. The molecule has 16 radical (unpaired) electrons. The van der Waals surface area contributed by atoms with Crippen LogP contribution in [-0.4, -0.2) is 62.8 Å². The Morgan fingerprint density at radius 1 is 0.333 bits per heavy atom. The lowest BCUT2D eigenvalue weighted by Gasteiger charge is -2.28. The fourth-order valence-corrected chi connectivity index (χ4v) is 7.72. The van der Waals surface area contributed by atoms with Crippen LogP contribution in [0.1, 0.15) is 0 Å². The molecule has 216 valence electrons. The highest BCUT2D eigenvalue weighted by atomic mass is 16.3. The van der Waals surface area contributed by atoms with Gasteiger partial charge in [-0.3, -0.25) is 0 Å². The summed E-state index contributed by atoms with van der Waals surface area (Å²) in [6.45, 7) is 0. The van der Waals surface area contributed by atoms with E-state index in [9.17, 15) is 0 Å². The van der Waals surface area contributed by atoms with Crippen molar-refractivity contribution in [2.75, 3.05) is 0 Å². The molecule has 0 atom stereocenters. The molecule has 0 fully saturated rings. The minimum atomic E-state index is 0.174. The SMILES string of the molecule is [B]c1c([B])c([B])c2c(-c3cccc(-c4cccc5oc6cc7ccccc7cc6c45)c3)c3c([B])c([B])c([B])c([B])c3c(-c3ccccc3)c2c1[B]. The smallest absolute Gasteiger partial charge is 0.136 e. The van der Waals surface area contributed by atoms with E-state index in [2.05, 4.69) is 42.5 Å². The molecule has 0 N–H and O–H groups in total. The number of fused-ring (bicyclic) bond motifs is 6. The number of rotatable bonds is 3. The first kappa shape index (κ1) is 31.8. The lowest BCUT2D eigenvalue weighted by atomic mass is 9.59. The first-order valence-corrected chi connectivity index (χ1v) is 16.4. The van der Waals surface area contributed by atoms with Crippen LogP contribution < -0.4 is 43.7 Å². The van der Waals surface area contributed by atoms with Crippen LogP contribution in [0.3, 0.4) is 0 Å². The number of hydrogen-bond donors (Lipinski definition) is 0. The summed E-state index contributed by atoms with van der Waals surface area (Å²) in [7, 11) is 53.9. The van der Waals surface area contributed by atoms with E-state index in [-0.39, 0.29) is 43.7 Å². The van der Waals surface area contributed by atoms with E-state index in [1.165, 1.54) is 0 Å². The third-order valence-corrected chi connectivity index (χ3v) is 10.2. The molecule has 0 unspecified atom stereocenters. The molecular formula is C42H18B8O. The van der Waals surface area contributed by atoms with Crippen LogP contribution in [0.25, 0.3) is 87.6 Å². The molecule has 0 spiro atoms. The van der Waals surface area contributed by atoms with Crippen molar-refractivity contribution in [3.63, 3.8) is 0 Å². The molecule has 1 nitrogen and oxygen atoms in total. The van der Waals surface area contributed by atoms with Gasteiger partial charge in [-0.25, -0.2) is 0 Å². The van der Waals surface area contributed by atoms with Gasteiger partial charge in [-0.05, 0) is 90.0 Å². The molecule has 0 saturated carbocycles. The van der Waals surface area contributed by atoms with Crippen LogP contribution in [0.15, 0.2) is 114 Å². The zero-order valence-corrected chi connectivity index (χ0v) is 27.4. The van der Waals surface area contributed by atoms with E-state index in [0.717, 1.165) is 55.0 Å². The summed E-state index contributed by atoms with van der Waals surface area (Å²) < 4.78 is 6.40. The average molecular weight is 625 g/mol. The van der Waals surface area contributed by atoms with Crippen molar-refractivity contribution in [1.82, 2.24) is 0 Å². The third kappa shape index (κ3) is 4.60. The largest absolute Gasteiger partial charge is 0.456 e. The Morgan fingerprint density at radius 3 is 1.39 bits per heavy atom. The van der Waals surface area contributed by atoms with Crippen molar-refractivity contribution in [2.24, 2.45) is 0 Å². The standard InChI is InChI=1S/C42H18B8O/c43-35-31-28(19-8-2-1-3-9-19)32-34(38(46)42(50)40(48)36(32)44)29(33(31)37(45)41(49)39(35)47)23-13-6-12-22(16-23)24-14-7-15-26-30(24)25-17-20-10-4-5-11-21(20)18-27(25)51-26/h1-18H. The quantitative estimate of drug-likeness (QED) is 0.218. The van der Waals surface area contributed by atoms with Crippen molar-refractivity contribution in [2.45, 2.75) is 0 Å². The maximum Gasteiger partial charge on any atom is 0.136 e. The molecule has 1 aromatic heterocycles. The molecule has 51 heavy (non-hydrogen) atoms. The van der Waals surface area contributed by atoms with Gasteiger partial charge in [-0.2, -0.15) is 0 Å². The van der Waals surface area contributed by atoms with E-state index in [0.29, 0.717) is 32.7 Å². The summed E-state index contributed by atoms with van der Waals surface area (Å²) in [6, 6.07) is 36.4. The average Bonchev–Trinajstić information content (AvgIpc) is 3.53. The second kappa shape index (κ2) is 11.7. The maximum atomic E-state index is 6.94. The first-order chi connectivity index (χ1) is 24.7. The summed E-state index contributed by atoms with van der Waals surface area (Å²) in [4.78, 5) is 0. The number of furan rings is 1. The molecule has 0 aliphatic heterocycles. The Bertz CT molecular complexity index is 2870. The predicted octanol–water partition coefficient (Wildman–Crippen LogP) is 2.40. The summed E-state index contributed by atoms with van der Waals surface area (Å²) in [5, 5.41) is 6.60. The van der Waals surface area contributed by atoms with E-state index >= 15 is 0 Å². The predicted molar refractivity (Wildman–Crippen MR) is 226 cm³/mol. The third-order valence-electron chi connectivity index (χ3n) is 10.2. The molecule has 0 aliphatic carbocycles. The van der Waals surface area contributed by atoms with E-state index in [4.69, 9.17) is 67.2 Å². The van der Waals surface area contributed by atoms with Crippen molar-refractivity contribution >= 4 is 161 Å². The summed E-state index contributed by atoms with van der Waals surface area (Å²) in [5.41, 5.74) is 8.21. The van der Waals surface area contributed by atoms with Gasteiger partial charge in [0, 0.05) is 10.8 Å². The fourth-order valence-electron chi connectivity index (χ4n) is 7.72. The number of hydrogen-bond acceptors (Lipinski definition) is 1. The Balaban J connectivity index is 1.44. The number of benzene rings is 8. The molecule has 9 rings (SSSR count). The lowest BCUT2D eigenvalue weighted by Crippen LogP contribution is -2.50. The van der Waals surface area contributed by atoms with Crippen molar-refractivity contribution in [1.29, 1.82) is 0 Å². The maximum absolute atomic E-state index is 6.94. The Morgan fingerprint density at radius 2 is 0.804 bits per heavy atom. The van der Waals surface area contributed by atoms with Gasteiger partial charge in [-0.15, -0.1) is 21.9 Å². The van der Waals surface area contributed by atoms with Crippen LogP contribution in [-0.2, 0) is 0 Å². The van der Waals surface area contributed by atoms with Crippen molar-refractivity contribution in [3.8, 4) is 33.4 Å². The minimum Gasteiger partial charge on any atom is -0.456 e. The summed E-state index contributed by atoms with van der Waals surface area (Å²) in [5.74, 6) is 0. The van der Waals surface area contributed by atoms with Gasteiger partial charge in [0.1, 0.15) is 73.9 Å². The Hall–Kier alpha value is -5.14. The van der Waals surface area contributed by atoms with E-state index in [1.807, 2.05) is 66.7 Å². The van der Waals surface area contributed by atoms with Crippen LogP contribution >= 0.6 is 0 Å². The van der Waals surface area contributed by atoms with Gasteiger partial charge in [0.15, 0.2) is 0 Å². The van der Waals surface area contributed by atoms with Gasteiger partial charge in [0.25, 0.3) is 0 Å². The first-order valence-electron chi connectivity index (χ1n) is 16.4. The van der Waals surface area contributed by atoms with Gasteiger partial charge >= 0.3 is 0 Å². The van der Waals surface area contributed by atoms with Gasteiger partial charge in [0.2, 0.25) is 0 Å². The second-order valence-electron chi connectivity index (χ2n) is 13.0. The van der Waals surface area contributed by atoms with E-state index < -0.39 is 0 Å². The highest BCUT2D eigenvalue weighted by Gasteiger charge is 2.25. The molecule has 0 amide bonds. The minimum absolute atomic E-state index is 0.174. The Kier molecular flexibility index (Phi) is 7.30. The summed E-state index contributed by atoms with van der Waals surface area (Å²) in [6.07, 6.45) is 0. The van der Waals surface area contributed by atoms with Gasteiger partial charge in [-0.1, -0.05) is 107 Å². The Labute approximate surface area is 306 Å². The van der Waals surface area contributed by atoms with Crippen molar-refractivity contribution in [3.05, 3.63) is 109 Å². The zero-order chi connectivity index (χ0) is 35.3. The fraction of sp³-hybridized carbons (Fsp3) is 0. The summed E-state index contributed by atoms with van der Waals surface area (Å²) >= 11 is 0. The molecule has 9 heteroatoms. The molecule has 1 heterocycles. The second-order valence-corrected chi connectivity index (χ2v) is 13.0. The molecule has 0 aliphatic rings. The van der Waals surface area contributed by atoms with Gasteiger partial charge in [0.05, 0.1) is 0 Å². The van der Waals surface area contributed by atoms with E-state index in [1.54, 1.807) is 0 Å².